The van der Waals surface area contributed by atoms with E-state index in [2.05, 4.69) is 33.9 Å². The molecule has 0 unspecified atom stereocenters. The van der Waals surface area contributed by atoms with Crippen LogP contribution in [0.3, 0.4) is 0 Å². The molecule has 0 aliphatic heterocycles. The number of imidazole rings is 1. The Labute approximate surface area is 104 Å². The predicted molar refractivity (Wildman–Crippen MR) is 64.1 cm³/mol. The number of carboxylic acid groups (broad SMARTS) is 1. The quantitative estimate of drug-likeness (QED) is 0.845. The minimum absolute atomic E-state index is 0.0293. The summed E-state index contributed by atoms with van der Waals surface area (Å²) in [5.41, 5.74) is 0.342. The van der Waals surface area contributed by atoms with Crippen LogP contribution < -0.4 is 0 Å². The first-order chi connectivity index (χ1) is 8.49. The fourth-order valence-electron chi connectivity index (χ4n) is 1.72. The maximum atomic E-state index is 11.0. The molecule has 0 spiro atoms. The summed E-state index contributed by atoms with van der Waals surface area (Å²) in [6, 6.07) is 0. The number of aromatic amines is 1. The summed E-state index contributed by atoms with van der Waals surface area (Å²) in [5, 5.41) is 13.3. The van der Waals surface area contributed by atoms with Crippen molar-refractivity contribution < 1.29 is 9.90 Å². The van der Waals surface area contributed by atoms with Gasteiger partial charge in [0.15, 0.2) is 17.3 Å². The first-order valence-corrected chi connectivity index (χ1v) is 5.66. The number of aryl methyl sites for hydroxylation is 1. The molecule has 0 radical (unpaired) electrons. The molecule has 0 aliphatic rings. The molecule has 0 fully saturated rings. The Morgan fingerprint density at radius 2 is 2.28 bits per heavy atom. The van der Waals surface area contributed by atoms with Crippen LogP contribution in [0, 0.1) is 5.92 Å². The van der Waals surface area contributed by atoms with Gasteiger partial charge in [-0.3, -0.25) is 0 Å². The monoisotopic (exact) mass is 249 g/mol. The summed E-state index contributed by atoms with van der Waals surface area (Å²) in [6.45, 7) is 4.15. The first-order valence-electron chi connectivity index (χ1n) is 5.66. The standard InChI is InChI=1S/C11H15N5O2/c1-6(2)4-7-14-10(16(3)15-7)8-9(11(17)18)13-5-12-8/h5-6H,4H2,1-3H3,(H,12,13)(H,17,18). The van der Waals surface area contributed by atoms with Gasteiger partial charge in [-0.05, 0) is 5.92 Å². The molecule has 2 heterocycles. The molecule has 2 rings (SSSR count). The van der Waals surface area contributed by atoms with Crippen LogP contribution in [0.25, 0.3) is 11.5 Å². The highest BCUT2D eigenvalue weighted by molar-refractivity contribution is 5.91. The number of hydrogen-bond acceptors (Lipinski definition) is 4. The third-order valence-corrected chi connectivity index (χ3v) is 2.46. The first kappa shape index (κ1) is 12.3. The van der Waals surface area contributed by atoms with Gasteiger partial charge in [-0.2, -0.15) is 5.10 Å². The molecule has 0 saturated heterocycles. The van der Waals surface area contributed by atoms with Gasteiger partial charge in [0, 0.05) is 13.5 Å². The van der Waals surface area contributed by atoms with E-state index in [0.29, 0.717) is 23.3 Å². The zero-order valence-electron chi connectivity index (χ0n) is 10.5. The second kappa shape index (κ2) is 4.59. The number of nitrogens with zero attached hydrogens (tertiary/aromatic N) is 4. The Hall–Kier alpha value is -2.18. The number of hydrogen-bond donors (Lipinski definition) is 2. The van der Waals surface area contributed by atoms with Gasteiger partial charge in [-0.1, -0.05) is 13.8 Å². The molecule has 7 heteroatoms. The predicted octanol–water partition coefficient (Wildman–Crippen LogP) is 1.10. The van der Waals surface area contributed by atoms with E-state index in [4.69, 9.17) is 5.11 Å². The maximum Gasteiger partial charge on any atom is 0.354 e. The Balaban J connectivity index is 2.41. The van der Waals surface area contributed by atoms with Crippen LogP contribution in [0.4, 0.5) is 0 Å². The second-order valence-corrected chi connectivity index (χ2v) is 4.50. The van der Waals surface area contributed by atoms with E-state index in [0.717, 1.165) is 6.42 Å². The smallest absolute Gasteiger partial charge is 0.354 e. The number of rotatable bonds is 4. The van der Waals surface area contributed by atoms with E-state index in [1.54, 1.807) is 11.7 Å². The summed E-state index contributed by atoms with van der Waals surface area (Å²) in [4.78, 5) is 22.0. The summed E-state index contributed by atoms with van der Waals surface area (Å²) in [5.74, 6) is 0.542. The molecule has 18 heavy (non-hydrogen) atoms. The van der Waals surface area contributed by atoms with Gasteiger partial charge in [0.2, 0.25) is 0 Å². The SMILES string of the molecule is CC(C)Cc1nc(-c2nc[nH]c2C(=O)O)n(C)n1. The molecule has 0 aromatic carbocycles. The van der Waals surface area contributed by atoms with Gasteiger partial charge < -0.3 is 10.1 Å². The lowest BCUT2D eigenvalue weighted by Crippen LogP contribution is -2.02. The number of aromatic nitrogens is 5. The largest absolute Gasteiger partial charge is 0.477 e. The topological polar surface area (TPSA) is 96.7 Å². The highest BCUT2D eigenvalue weighted by atomic mass is 16.4. The van der Waals surface area contributed by atoms with Gasteiger partial charge in [0.25, 0.3) is 0 Å². The molecule has 0 bridgehead atoms. The lowest BCUT2D eigenvalue weighted by Gasteiger charge is -1.97. The van der Waals surface area contributed by atoms with Crippen molar-refractivity contribution in [1.29, 1.82) is 0 Å². The molecule has 2 aromatic heterocycles. The van der Waals surface area contributed by atoms with Crippen LogP contribution in [0.5, 0.6) is 0 Å². The Kier molecular flexibility index (Phi) is 3.14. The average Bonchev–Trinajstić information content (AvgIpc) is 2.83. The van der Waals surface area contributed by atoms with Gasteiger partial charge in [-0.25, -0.2) is 19.4 Å². The van der Waals surface area contributed by atoms with Crippen molar-refractivity contribution in [2.45, 2.75) is 20.3 Å². The van der Waals surface area contributed by atoms with Crippen LogP contribution in [0.15, 0.2) is 6.33 Å². The maximum absolute atomic E-state index is 11.0. The molecule has 7 nitrogen and oxygen atoms in total. The fourth-order valence-corrected chi connectivity index (χ4v) is 1.72. The third-order valence-electron chi connectivity index (χ3n) is 2.46. The van der Waals surface area contributed by atoms with Crippen LogP contribution in [0.2, 0.25) is 0 Å². The van der Waals surface area contributed by atoms with Gasteiger partial charge >= 0.3 is 5.97 Å². The number of H-pyrrole nitrogens is 1. The van der Waals surface area contributed by atoms with Crippen molar-refractivity contribution in [3.63, 3.8) is 0 Å². The Morgan fingerprint density at radius 1 is 1.56 bits per heavy atom. The van der Waals surface area contributed by atoms with Crippen LogP contribution in [-0.2, 0) is 13.5 Å². The van der Waals surface area contributed by atoms with E-state index in [-0.39, 0.29) is 5.69 Å². The van der Waals surface area contributed by atoms with Crippen molar-refractivity contribution in [2.24, 2.45) is 13.0 Å². The lowest BCUT2D eigenvalue weighted by atomic mass is 10.1. The Morgan fingerprint density at radius 3 is 2.89 bits per heavy atom. The number of aromatic carboxylic acids is 1. The second-order valence-electron chi connectivity index (χ2n) is 4.50. The van der Waals surface area contributed by atoms with Crippen LogP contribution in [-0.4, -0.2) is 35.8 Å². The zero-order chi connectivity index (χ0) is 13.3. The molecule has 2 N–H and O–H groups in total. The van der Waals surface area contributed by atoms with Gasteiger partial charge in [0.05, 0.1) is 6.33 Å². The third kappa shape index (κ3) is 2.24. The van der Waals surface area contributed by atoms with Gasteiger partial charge in [0.1, 0.15) is 5.69 Å². The van der Waals surface area contributed by atoms with Crippen molar-refractivity contribution in [2.75, 3.05) is 0 Å². The molecule has 0 aliphatic carbocycles. The average molecular weight is 249 g/mol. The van der Waals surface area contributed by atoms with E-state index in [9.17, 15) is 4.79 Å². The van der Waals surface area contributed by atoms with E-state index >= 15 is 0 Å². The zero-order valence-corrected chi connectivity index (χ0v) is 10.5. The lowest BCUT2D eigenvalue weighted by molar-refractivity contribution is 0.0692. The van der Waals surface area contributed by atoms with E-state index < -0.39 is 5.97 Å². The van der Waals surface area contributed by atoms with E-state index in [1.807, 2.05) is 0 Å². The Bertz CT molecular complexity index is 570. The molecular formula is C11H15N5O2. The minimum atomic E-state index is -1.06. The van der Waals surface area contributed by atoms with Gasteiger partial charge in [-0.15, -0.1) is 0 Å². The summed E-state index contributed by atoms with van der Waals surface area (Å²) >= 11 is 0. The molecule has 0 amide bonds. The number of carbonyl (C=O) groups is 1. The van der Waals surface area contributed by atoms with Crippen LogP contribution >= 0.6 is 0 Å². The molecule has 0 atom stereocenters. The number of nitrogens with one attached hydrogen (secondary N) is 1. The van der Waals surface area contributed by atoms with Crippen molar-refractivity contribution in [3.05, 3.63) is 17.8 Å². The highest BCUT2D eigenvalue weighted by Crippen LogP contribution is 2.18. The normalized spacial score (nSPS) is 11.1. The fraction of sp³-hybridized carbons (Fsp3) is 0.455. The van der Waals surface area contributed by atoms with Crippen LogP contribution in [0.1, 0.15) is 30.2 Å². The van der Waals surface area contributed by atoms with E-state index in [1.165, 1.54) is 6.33 Å². The molecule has 0 saturated carbocycles. The minimum Gasteiger partial charge on any atom is -0.477 e. The van der Waals surface area contributed by atoms with Crippen molar-refractivity contribution in [1.82, 2.24) is 24.7 Å². The molecule has 2 aromatic rings. The van der Waals surface area contributed by atoms with Crippen molar-refractivity contribution in [3.8, 4) is 11.5 Å². The van der Waals surface area contributed by atoms with Crippen molar-refractivity contribution >= 4 is 5.97 Å². The molecule has 96 valence electrons. The molecular weight excluding hydrogens is 234 g/mol. The summed E-state index contributed by atoms with van der Waals surface area (Å²) < 4.78 is 1.56. The summed E-state index contributed by atoms with van der Waals surface area (Å²) in [7, 11) is 1.73. The summed E-state index contributed by atoms with van der Waals surface area (Å²) in [6.07, 6.45) is 2.09. The highest BCUT2D eigenvalue weighted by Gasteiger charge is 2.20. The number of carboxylic acids is 1.